The number of hydrogen-bond acceptors (Lipinski definition) is 3. The van der Waals surface area contributed by atoms with Gasteiger partial charge in [-0.05, 0) is 44.5 Å². The number of carbonyl (C=O) groups excluding carboxylic acids is 1. The number of nitrogens with zero attached hydrogens (tertiary/aromatic N) is 2. The maximum atomic E-state index is 12.5. The molecule has 20 heavy (non-hydrogen) atoms. The van der Waals surface area contributed by atoms with Gasteiger partial charge in [0, 0.05) is 36.4 Å². The average Bonchev–Trinajstić information content (AvgIpc) is 2.62. The summed E-state index contributed by atoms with van der Waals surface area (Å²) >= 11 is 0. The number of likely N-dealkylation sites (tertiary alicyclic amines) is 1. The van der Waals surface area contributed by atoms with Crippen LogP contribution in [-0.4, -0.2) is 47.9 Å². The maximum absolute atomic E-state index is 12.5. The van der Waals surface area contributed by atoms with Crippen molar-refractivity contribution in [3.05, 3.63) is 29.8 Å². The standard InChI is InChI=1S/C15H21N3O.ClH/c1-17-13-5-6-14(17)10-18(8-7-13)15(19)11-3-2-4-12(16)9-11;/h2-4,9,13-14H,5-8,10,16H2,1H3;1H. The number of amides is 1. The van der Waals surface area contributed by atoms with Gasteiger partial charge >= 0.3 is 0 Å². The van der Waals surface area contributed by atoms with Crippen molar-refractivity contribution in [2.75, 3.05) is 25.9 Å². The molecule has 2 bridgehead atoms. The summed E-state index contributed by atoms with van der Waals surface area (Å²) in [6, 6.07) is 8.47. The van der Waals surface area contributed by atoms with Gasteiger partial charge in [0.1, 0.15) is 0 Å². The summed E-state index contributed by atoms with van der Waals surface area (Å²) in [4.78, 5) is 17.0. The van der Waals surface area contributed by atoms with Crippen molar-refractivity contribution in [3.63, 3.8) is 0 Å². The van der Waals surface area contributed by atoms with Crippen LogP contribution in [0.2, 0.25) is 0 Å². The highest BCUT2D eigenvalue weighted by Gasteiger charge is 2.36. The molecular weight excluding hydrogens is 274 g/mol. The Labute approximate surface area is 126 Å². The summed E-state index contributed by atoms with van der Waals surface area (Å²) in [6.07, 6.45) is 3.57. The number of anilines is 1. The summed E-state index contributed by atoms with van der Waals surface area (Å²) in [5.74, 6) is 0.119. The van der Waals surface area contributed by atoms with Gasteiger partial charge in [-0.3, -0.25) is 9.69 Å². The number of hydrogen-bond donors (Lipinski definition) is 1. The minimum Gasteiger partial charge on any atom is -0.399 e. The lowest BCUT2D eigenvalue weighted by Gasteiger charge is -2.26. The molecule has 0 aliphatic carbocycles. The second-order valence-electron chi connectivity index (χ2n) is 5.72. The lowest BCUT2D eigenvalue weighted by molar-refractivity contribution is 0.0740. The predicted octanol–water partition coefficient (Wildman–Crippen LogP) is 2.00. The largest absolute Gasteiger partial charge is 0.399 e. The highest BCUT2D eigenvalue weighted by atomic mass is 35.5. The first-order valence-corrected chi connectivity index (χ1v) is 7.02. The van der Waals surface area contributed by atoms with Crippen LogP contribution >= 0.6 is 12.4 Å². The second kappa shape index (κ2) is 6.02. The molecule has 2 heterocycles. The summed E-state index contributed by atoms with van der Waals surface area (Å²) in [6.45, 7) is 1.71. The Bertz CT molecular complexity index is 494. The smallest absolute Gasteiger partial charge is 0.253 e. The van der Waals surface area contributed by atoms with Gasteiger partial charge in [-0.15, -0.1) is 12.4 Å². The van der Waals surface area contributed by atoms with E-state index in [0.29, 0.717) is 23.3 Å². The summed E-state index contributed by atoms with van der Waals surface area (Å²) in [5, 5.41) is 0. The molecule has 1 amide bonds. The van der Waals surface area contributed by atoms with Gasteiger partial charge in [-0.1, -0.05) is 6.07 Å². The number of halogens is 1. The molecule has 5 heteroatoms. The molecular formula is C15H22ClN3O. The summed E-state index contributed by atoms with van der Waals surface area (Å²) in [7, 11) is 2.19. The molecule has 0 aromatic heterocycles. The Morgan fingerprint density at radius 2 is 2.00 bits per heavy atom. The molecule has 0 radical (unpaired) electrons. The number of benzene rings is 1. The van der Waals surface area contributed by atoms with Crippen LogP contribution in [0.25, 0.3) is 0 Å². The number of carbonyl (C=O) groups is 1. The third kappa shape index (κ3) is 2.76. The predicted molar refractivity (Wildman–Crippen MR) is 83.2 cm³/mol. The minimum absolute atomic E-state index is 0. The fourth-order valence-corrected chi connectivity index (χ4v) is 3.35. The van der Waals surface area contributed by atoms with Crippen molar-refractivity contribution in [2.45, 2.75) is 31.3 Å². The zero-order valence-electron chi connectivity index (χ0n) is 11.8. The molecule has 2 unspecified atom stereocenters. The van der Waals surface area contributed by atoms with Gasteiger partial charge in [-0.2, -0.15) is 0 Å². The first kappa shape index (κ1) is 15.1. The zero-order chi connectivity index (χ0) is 13.4. The third-order valence-electron chi connectivity index (χ3n) is 4.57. The number of fused-ring (bicyclic) bond motifs is 2. The van der Waals surface area contributed by atoms with Crippen molar-refractivity contribution in [3.8, 4) is 0 Å². The SMILES string of the molecule is CN1C2CCC1CN(C(=O)c1cccc(N)c1)CC2.Cl. The van der Waals surface area contributed by atoms with Crippen molar-refractivity contribution < 1.29 is 4.79 Å². The van der Waals surface area contributed by atoms with Crippen molar-refractivity contribution in [1.29, 1.82) is 0 Å². The van der Waals surface area contributed by atoms with E-state index in [1.807, 2.05) is 23.1 Å². The van der Waals surface area contributed by atoms with Gasteiger partial charge in [0.05, 0.1) is 0 Å². The van der Waals surface area contributed by atoms with Crippen LogP contribution < -0.4 is 5.73 Å². The van der Waals surface area contributed by atoms with Crippen LogP contribution in [0.15, 0.2) is 24.3 Å². The van der Waals surface area contributed by atoms with Crippen molar-refractivity contribution >= 4 is 24.0 Å². The van der Waals surface area contributed by atoms with E-state index >= 15 is 0 Å². The summed E-state index contributed by atoms with van der Waals surface area (Å²) < 4.78 is 0. The van der Waals surface area contributed by atoms with Gasteiger partial charge < -0.3 is 10.6 Å². The topological polar surface area (TPSA) is 49.6 Å². The van der Waals surface area contributed by atoms with E-state index < -0.39 is 0 Å². The molecule has 2 N–H and O–H groups in total. The van der Waals surface area contributed by atoms with E-state index in [4.69, 9.17) is 5.73 Å². The third-order valence-corrected chi connectivity index (χ3v) is 4.57. The molecule has 2 aliphatic rings. The van der Waals surface area contributed by atoms with Crippen LogP contribution in [-0.2, 0) is 0 Å². The quantitative estimate of drug-likeness (QED) is 0.806. The normalized spacial score (nSPS) is 25.9. The van der Waals surface area contributed by atoms with Crippen molar-refractivity contribution in [2.24, 2.45) is 0 Å². The maximum Gasteiger partial charge on any atom is 0.253 e. The zero-order valence-corrected chi connectivity index (χ0v) is 12.6. The lowest BCUT2D eigenvalue weighted by atomic mass is 10.1. The highest BCUT2D eigenvalue weighted by molar-refractivity contribution is 5.95. The Kier molecular flexibility index (Phi) is 4.55. The molecule has 4 nitrogen and oxygen atoms in total. The number of nitrogen functional groups attached to an aromatic ring is 1. The van der Waals surface area contributed by atoms with Crippen molar-refractivity contribution in [1.82, 2.24) is 9.80 Å². The number of likely N-dealkylation sites (N-methyl/N-ethyl adjacent to an activating group) is 1. The molecule has 1 aromatic carbocycles. The van der Waals surface area contributed by atoms with Gasteiger partial charge in [0.15, 0.2) is 0 Å². The van der Waals surface area contributed by atoms with Crippen LogP contribution in [0.1, 0.15) is 29.6 Å². The monoisotopic (exact) mass is 295 g/mol. The Balaban J connectivity index is 0.00000147. The molecule has 2 atom stereocenters. The highest BCUT2D eigenvalue weighted by Crippen LogP contribution is 2.29. The molecule has 110 valence electrons. The summed E-state index contributed by atoms with van der Waals surface area (Å²) in [5.41, 5.74) is 7.12. The minimum atomic E-state index is 0. The first-order valence-electron chi connectivity index (χ1n) is 7.02. The lowest BCUT2D eigenvalue weighted by Crippen LogP contribution is -2.39. The van der Waals surface area contributed by atoms with Gasteiger partial charge in [0.2, 0.25) is 0 Å². The van der Waals surface area contributed by atoms with E-state index in [-0.39, 0.29) is 18.3 Å². The van der Waals surface area contributed by atoms with E-state index in [1.54, 1.807) is 6.07 Å². The van der Waals surface area contributed by atoms with Crippen LogP contribution in [0.4, 0.5) is 5.69 Å². The van der Waals surface area contributed by atoms with Crippen LogP contribution in [0.5, 0.6) is 0 Å². The molecule has 2 fully saturated rings. The first-order chi connectivity index (χ1) is 9.15. The van der Waals surface area contributed by atoms with E-state index in [2.05, 4.69) is 11.9 Å². The van der Waals surface area contributed by atoms with Gasteiger partial charge in [0.25, 0.3) is 5.91 Å². The molecule has 2 saturated heterocycles. The fraction of sp³-hybridized carbons (Fsp3) is 0.533. The van der Waals surface area contributed by atoms with Gasteiger partial charge in [-0.25, -0.2) is 0 Å². The molecule has 2 aliphatic heterocycles. The second-order valence-corrected chi connectivity index (χ2v) is 5.72. The van der Waals surface area contributed by atoms with E-state index in [9.17, 15) is 4.79 Å². The molecule has 1 aromatic rings. The number of rotatable bonds is 1. The Morgan fingerprint density at radius 1 is 1.25 bits per heavy atom. The fourth-order valence-electron chi connectivity index (χ4n) is 3.35. The Morgan fingerprint density at radius 3 is 2.75 bits per heavy atom. The van der Waals surface area contributed by atoms with E-state index in [0.717, 1.165) is 19.5 Å². The van der Waals surface area contributed by atoms with E-state index in [1.165, 1.54) is 12.8 Å². The average molecular weight is 296 g/mol. The molecule has 0 saturated carbocycles. The molecule has 3 rings (SSSR count). The van der Waals surface area contributed by atoms with Crippen LogP contribution in [0, 0.1) is 0 Å². The Hall–Kier alpha value is -1.26. The number of nitrogens with two attached hydrogens (primary N) is 1. The van der Waals surface area contributed by atoms with Crippen LogP contribution in [0.3, 0.4) is 0 Å². The molecule has 0 spiro atoms.